The highest BCUT2D eigenvalue weighted by Gasteiger charge is 2.02. The largest absolute Gasteiger partial charge is 0.355 e. The number of nitrogens with one attached hydrogen (secondary N) is 1. The van der Waals surface area contributed by atoms with Gasteiger partial charge in [0.1, 0.15) is 6.79 Å². The predicted octanol–water partition coefficient (Wildman–Crippen LogP) is 2.17. The Bertz CT molecular complexity index is 330. The summed E-state index contributed by atoms with van der Waals surface area (Å²) in [5, 5.41) is 3.27. The van der Waals surface area contributed by atoms with Crippen LogP contribution in [-0.2, 0) is 25.6 Å². The molecule has 21 heavy (non-hydrogen) atoms. The molecule has 0 saturated heterocycles. The third kappa shape index (κ3) is 9.55. The number of rotatable bonds is 13. The first-order valence-electron chi connectivity index (χ1n) is 7.32. The molecule has 1 aromatic rings. The predicted molar refractivity (Wildman–Crippen MR) is 82.0 cm³/mol. The summed E-state index contributed by atoms with van der Waals surface area (Å²) < 4.78 is 21.0. The lowest BCUT2D eigenvalue weighted by Gasteiger charge is -2.13. The van der Waals surface area contributed by atoms with Gasteiger partial charge in [0.25, 0.3) is 0 Å². The Morgan fingerprint density at radius 1 is 1.00 bits per heavy atom. The van der Waals surface area contributed by atoms with E-state index < -0.39 is 0 Å². The molecule has 0 unspecified atom stereocenters. The topological polar surface area (TPSA) is 49.0 Å². The van der Waals surface area contributed by atoms with Crippen LogP contribution in [0.1, 0.15) is 18.4 Å². The van der Waals surface area contributed by atoms with Gasteiger partial charge in [0.05, 0.1) is 6.61 Å². The molecule has 0 bridgehead atoms. The number of methoxy groups -OCH3 is 2. The summed E-state index contributed by atoms with van der Waals surface area (Å²) in [6.45, 7) is 3.29. The van der Waals surface area contributed by atoms with E-state index in [4.69, 9.17) is 18.9 Å². The van der Waals surface area contributed by atoms with E-state index in [1.807, 2.05) is 30.3 Å². The first kappa shape index (κ1) is 18.1. The molecule has 0 heterocycles. The summed E-state index contributed by atoms with van der Waals surface area (Å²) in [4.78, 5) is 0. The maximum atomic E-state index is 5.44. The first-order chi connectivity index (χ1) is 10.4. The highest BCUT2D eigenvalue weighted by atomic mass is 16.7. The average molecular weight is 297 g/mol. The van der Waals surface area contributed by atoms with Crippen molar-refractivity contribution in [1.82, 2.24) is 5.32 Å². The van der Waals surface area contributed by atoms with E-state index in [-0.39, 0.29) is 6.29 Å². The molecule has 5 heteroatoms. The van der Waals surface area contributed by atoms with Gasteiger partial charge in [0.2, 0.25) is 0 Å². The molecule has 0 spiro atoms. The molecule has 0 radical (unpaired) electrons. The molecule has 0 aromatic heterocycles. The van der Waals surface area contributed by atoms with Gasteiger partial charge in [0, 0.05) is 27.4 Å². The Labute approximate surface area is 127 Å². The third-order valence-electron chi connectivity index (χ3n) is 3.01. The summed E-state index contributed by atoms with van der Waals surface area (Å²) in [6, 6.07) is 10.1. The standard InChI is InChI=1S/C16H27NO4/c1-18-16(19-2)12-17-10-6-7-11-20-14-21-13-15-8-4-3-5-9-15/h3-5,8-9,16-17H,6-7,10-14H2,1-2H3. The van der Waals surface area contributed by atoms with Crippen LogP contribution in [0.15, 0.2) is 30.3 Å². The van der Waals surface area contributed by atoms with E-state index in [1.54, 1.807) is 14.2 Å². The lowest BCUT2D eigenvalue weighted by atomic mass is 10.2. The summed E-state index contributed by atoms with van der Waals surface area (Å²) >= 11 is 0. The second kappa shape index (κ2) is 12.7. The molecule has 1 aromatic carbocycles. The minimum Gasteiger partial charge on any atom is -0.355 e. The van der Waals surface area contributed by atoms with Crippen molar-refractivity contribution in [3.05, 3.63) is 35.9 Å². The Hall–Kier alpha value is -0.980. The zero-order valence-corrected chi connectivity index (χ0v) is 13.0. The van der Waals surface area contributed by atoms with Gasteiger partial charge in [-0.2, -0.15) is 0 Å². The minimum atomic E-state index is -0.173. The minimum absolute atomic E-state index is 0.173. The monoisotopic (exact) mass is 297 g/mol. The van der Waals surface area contributed by atoms with Gasteiger partial charge in [0.15, 0.2) is 6.29 Å². The highest BCUT2D eigenvalue weighted by molar-refractivity contribution is 5.13. The number of benzene rings is 1. The molecule has 0 aliphatic rings. The fourth-order valence-electron chi connectivity index (χ4n) is 1.79. The maximum Gasteiger partial charge on any atom is 0.169 e. The number of hydrogen-bond acceptors (Lipinski definition) is 5. The summed E-state index contributed by atoms with van der Waals surface area (Å²) in [6.07, 6.45) is 1.89. The van der Waals surface area contributed by atoms with Crippen LogP contribution in [0.2, 0.25) is 0 Å². The quantitative estimate of drug-likeness (QED) is 0.447. The smallest absolute Gasteiger partial charge is 0.169 e. The molecule has 1 rings (SSSR count). The van der Waals surface area contributed by atoms with Gasteiger partial charge in [-0.25, -0.2) is 0 Å². The molecule has 5 nitrogen and oxygen atoms in total. The van der Waals surface area contributed by atoms with E-state index in [1.165, 1.54) is 0 Å². The van der Waals surface area contributed by atoms with Crippen molar-refractivity contribution in [1.29, 1.82) is 0 Å². The molecule has 0 saturated carbocycles. The lowest BCUT2D eigenvalue weighted by Crippen LogP contribution is -2.30. The molecular weight excluding hydrogens is 270 g/mol. The van der Waals surface area contributed by atoms with Crippen LogP contribution in [-0.4, -0.2) is 47.0 Å². The third-order valence-corrected chi connectivity index (χ3v) is 3.01. The van der Waals surface area contributed by atoms with Crippen LogP contribution >= 0.6 is 0 Å². The van der Waals surface area contributed by atoms with Gasteiger partial charge in [-0.3, -0.25) is 0 Å². The van der Waals surface area contributed by atoms with Crippen molar-refractivity contribution in [2.45, 2.75) is 25.7 Å². The maximum absolute atomic E-state index is 5.44. The Morgan fingerprint density at radius 2 is 1.76 bits per heavy atom. The van der Waals surface area contributed by atoms with Crippen molar-refractivity contribution >= 4 is 0 Å². The first-order valence-corrected chi connectivity index (χ1v) is 7.32. The number of ether oxygens (including phenoxy) is 4. The molecule has 120 valence electrons. The summed E-state index contributed by atoms with van der Waals surface area (Å²) in [5.74, 6) is 0. The summed E-state index contributed by atoms with van der Waals surface area (Å²) in [7, 11) is 3.28. The molecule has 1 N–H and O–H groups in total. The van der Waals surface area contributed by atoms with E-state index in [2.05, 4.69) is 5.32 Å². The van der Waals surface area contributed by atoms with Crippen LogP contribution in [0.4, 0.5) is 0 Å². The number of unbranched alkanes of at least 4 members (excludes halogenated alkanes) is 1. The normalized spacial score (nSPS) is 11.2. The fourth-order valence-corrected chi connectivity index (χ4v) is 1.79. The van der Waals surface area contributed by atoms with E-state index >= 15 is 0 Å². The second-order valence-corrected chi connectivity index (χ2v) is 4.67. The van der Waals surface area contributed by atoms with Crippen molar-refractivity contribution in [3.8, 4) is 0 Å². The Kier molecular flexibility index (Phi) is 11.0. The summed E-state index contributed by atoms with van der Waals surface area (Å²) in [5.41, 5.74) is 1.16. The Morgan fingerprint density at radius 3 is 2.48 bits per heavy atom. The lowest BCUT2D eigenvalue weighted by molar-refractivity contribution is -0.0987. The average Bonchev–Trinajstić information content (AvgIpc) is 2.54. The van der Waals surface area contributed by atoms with E-state index in [0.29, 0.717) is 26.6 Å². The van der Waals surface area contributed by atoms with Crippen molar-refractivity contribution in [3.63, 3.8) is 0 Å². The zero-order valence-electron chi connectivity index (χ0n) is 13.0. The van der Waals surface area contributed by atoms with Gasteiger partial charge < -0.3 is 24.3 Å². The molecule has 0 amide bonds. The van der Waals surface area contributed by atoms with Gasteiger partial charge in [-0.15, -0.1) is 0 Å². The van der Waals surface area contributed by atoms with Crippen LogP contribution < -0.4 is 5.32 Å². The highest BCUT2D eigenvalue weighted by Crippen LogP contribution is 2.00. The van der Waals surface area contributed by atoms with Crippen LogP contribution in [0, 0.1) is 0 Å². The van der Waals surface area contributed by atoms with Gasteiger partial charge in [-0.1, -0.05) is 30.3 Å². The number of hydrogen-bond donors (Lipinski definition) is 1. The van der Waals surface area contributed by atoms with E-state index in [0.717, 1.165) is 24.9 Å². The molecule has 0 atom stereocenters. The van der Waals surface area contributed by atoms with Gasteiger partial charge >= 0.3 is 0 Å². The van der Waals surface area contributed by atoms with Crippen molar-refractivity contribution in [2.75, 3.05) is 40.7 Å². The van der Waals surface area contributed by atoms with Crippen LogP contribution in [0.25, 0.3) is 0 Å². The van der Waals surface area contributed by atoms with Crippen LogP contribution in [0.3, 0.4) is 0 Å². The second-order valence-electron chi connectivity index (χ2n) is 4.67. The van der Waals surface area contributed by atoms with E-state index in [9.17, 15) is 0 Å². The van der Waals surface area contributed by atoms with Crippen LogP contribution in [0.5, 0.6) is 0 Å². The SMILES string of the molecule is COC(CNCCCCOCOCc1ccccc1)OC. The molecule has 0 aliphatic heterocycles. The van der Waals surface area contributed by atoms with Gasteiger partial charge in [-0.05, 0) is 24.9 Å². The molecule has 0 fully saturated rings. The Balaban J connectivity index is 1.82. The molecule has 0 aliphatic carbocycles. The van der Waals surface area contributed by atoms with Crippen molar-refractivity contribution < 1.29 is 18.9 Å². The van der Waals surface area contributed by atoms with Crippen molar-refractivity contribution in [2.24, 2.45) is 0 Å². The molecular formula is C16H27NO4. The fraction of sp³-hybridized carbons (Fsp3) is 0.625. The zero-order chi connectivity index (χ0) is 15.2.